The van der Waals surface area contributed by atoms with Crippen LogP contribution in [0.3, 0.4) is 0 Å². The summed E-state index contributed by atoms with van der Waals surface area (Å²) in [5.41, 5.74) is 2.06. The van der Waals surface area contributed by atoms with Crippen LogP contribution in [0.15, 0.2) is 35.1 Å². The van der Waals surface area contributed by atoms with Gasteiger partial charge in [0.25, 0.3) is 0 Å². The summed E-state index contributed by atoms with van der Waals surface area (Å²) in [6, 6.07) is 6.61. The number of hydrogen-bond acceptors (Lipinski definition) is 6. The van der Waals surface area contributed by atoms with Crippen LogP contribution in [-0.4, -0.2) is 58.1 Å². The highest BCUT2D eigenvalue weighted by Gasteiger charge is 2.31. The summed E-state index contributed by atoms with van der Waals surface area (Å²) in [6.07, 6.45) is 8.20. The van der Waals surface area contributed by atoms with Crippen molar-refractivity contribution in [3.8, 4) is 0 Å². The molecule has 2 aromatic rings. The molecule has 2 fully saturated rings. The highest BCUT2D eigenvalue weighted by atomic mass is 16.5. The van der Waals surface area contributed by atoms with Crippen LogP contribution in [0.2, 0.25) is 0 Å². The molecule has 4 heterocycles. The first-order valence-electron chi connectivity index (χ1n) is 10.7. The van der Waals surface area contributed by atoms with E-state index in [4.69, 9.17) is 4.52 Å². The Morgan fingerprint density at radius 3 is 2.86 bits per heavy atom. The molecule has 1 N–H and O–H groups in total. The lowest BCUT2D eigenvalue weighted by molar-refractivity contribution is -0.127. The van der Waals surface area contributed by atoms with Gasteiger partial charge in [-0.3, -0.25) is 19.6 Å². The van der Waals surface area contributed by atoms with Crippen LogP contribution in [0.4, 0.5) is 0 Å². The van der Waals surface area contributed by atoms with E-state index < -0.39 is 0 Å². The number of aryl methyl sites for hydroxylation is 1. The van der Waals surface area contributed by atoms with Gasteiger partial charge >= 0.3 is 0 Å². The molecule has 156 valence electrons. The first-order valence-corrected chi connectivity index (χ1v) is 10.7. The first-order chi connectivity index (χ1) is 14.2. The van der Waals surface area contributed by atoms with Gasteiger partial charge < -0.3 is 9.84 Å². The summed E-state index contributed by atoms with van der Waals surface area (Å²) in [5.74, 6) is 0.988. The molecule has 0 saturated carbocycles. The van der Waals surface area contributed by atoms with Crippen LogP contribution in [0.1, 0.15) is 42.7 Å². The quantitative estimate of drug-likeness (QED) is 0.807. The second-order valence-electron chi connectivity index (χ2n) is 8.35. The van der Waals surface area contributed by atoms with Crippen LogP contribution in [0.25, 0.3) is 0 Å². The Labute approximate surface area is 172 Å². The SMILES string of the molecule is Cc1cc(CNC(=O)C2CCCN(C3CCN(Cc4cccnc4)CC3)C2)no1. The molecule has 2 aliphatic heterocycles. The van der Waals surface area contributed by atoms with Gasteiger partial charge in [0.2, 0.25) is 5.91 Å². The normalized spacial score (nSPS) is 21.9. The zero-order chi connectivity index (χ0) is 20.1. The second kappa shape index (κ2) is 9.50. The third-order valence-corrected chi connectivity index (χ3v) is 6.15. The van der Waals surface area contributed by atoms with E-state index in [9.17, 15) is 4.79 Å². The maximum Gasteiger partial charge on any atom is 0.224 e. The van der Waals surface area contributed by atoms with Crippen molar-refractivity contribution < 1.29 is 9.32 Å². The minimum absolute atomic E-state index is 0.0742. The number of carbonyl (C=O) groups is 1. The molecule has 2 aliphatic rings. The molecule has 0 radical (unpaired) electrons. The molecule has 29 heavy (non-hydrogen) atoms. The summed E-state index contributed by atoms with van der Waals surface area (Å²) in [5, 5.41) is 6.99. The molecule has 1 atom stereocenters. The minimum Gasteiger partial charge on any atom is -0.361 e. The van der Waals surface area contributed by atoms with Gasteiger partial charge in [-0.2, -0.15) is 0 Å². The van der Waals surface area contributed by atoms with Gasteiger partial charge in [-0.05, 0) is 63.9 Å². The van der Waals surface area contributed by atoms with E-state index in [0.29, 0.717) is 12.6 Å². The van der Waals surface area contributed by atoms with E-state index in [2.05, 4.69) is 31.3 Å². The largest absolute Gasteiger partial charge is 0.361 e. The number of nitrogens with one attached hydrogen (secondary N) is 1. The average Bonchev–Trinajstić information content (AvgIpc) is 3.18. The topological polar surface area (TPSA) is 74.5 Å². The van der Waals surface area contributed by atoms with Crippen LogP contribution in [0, 0.1) is 12.8 Å². The van der Waals surface area contributed by atoms with Gasteiger partial charge in [0.05, 0.1) is 12.5 Å². The summed E-state index contributed by atoms with van der Waals surface area (Å²) < 4.78 is 5.07. The average molecular weight is 398 g/mol. The highest BCUT2D eigenvalue weighted by Crippen LogP contribution is 2.24. The van der Waals surface area contributed by atoms with Gasteiger partial charge in [0.1, 0.15) is 11.5 Å². The van der Waals surface area contributed by atoms with Gasteiger partial charge in [-0.25, -0.2) is 0 Å². The number of aromatic nitrogens is 2. The number of nitrogens with zero attached hydrogens (tertiary/aromatic N) is 4. The maximum atomic E-state index is 12.7. The zero-order valence-corrected chi connectivity index (χ0v) is 17.2. The van der Waals surface area contributed by atoms with Crippen molar-refractivity contribution >= 4 is 5.91 Å². The Bertz CT molecular complexity index is 786. The number of pyridine rings is 1. The zero-order valence-electron chi connectivity index (χ0n) is 17.2. The fourth-order valence-electron chi connectivity index (χ4n) is 4.57. The van der Waals surface area contributed by atoms with E-state index in [1.54, 1.807) is 0 Å². The fourth-order valence-corrected chi connectivity index (χ4v) is 4.57. The number of likely N-dealkylation sites (tertiary alicyclic amines) is 2. The van der Waals surface area contributed by atoms with E-state index in [-0.39, 0.29) is 11.8 Å². The molecule has 0 bridgehead atoms. The molecular formula is C22H31N5O2. The summed E-state index contributed by atoms with van der Waals surface area (Å²) in [6.45, 7) is 7.49. The molecule has 0 aliphatic carbocycles. The number of rotatable bonds is 6. The smallest absolute Gasteiger partial charge is 0.224 e. The molecule has 2 saturated heterocycles. The number of amides is 1. The van der Waals surface area contributed by atoms with E-state index in [1.165, 1.54) is 18.4 Å². The molecule has 7 heteroatoms. The molecular weight excluding hydrogens is 366 g/mol. The van der Waals surface area contributed by atoms with Crippen molar-refractivity contribution in [2.24, 2.45) is 5.92 Å². The summed E-state index contributed by atoms with van der Waals surface area (Å²) >= 11 is 0. The van der Waals surface area contributed by atoms with Crippen molar-refractivity contribution in [2.45, 2.75) is 51.7 Å². The van der Waals surface area contributed by atoms with Crippen LogP contribution >= 0.6 is 0 Å². The first kappa shape index (κ1) is 20.0. The predicted molar refractivity (Wildman–Crippen MR) is 110 cm³/mol. The minimum atomic E-state index is 0.0742. The molecule has 0 aromatic carbocycles. The van der Waals surface area contributed by atoms with Crippen LogP contribution in [0.5, 0.6) is 0 Å². The monoisotopic (exact) mass is 397 g/mol. The standard InChI is InChI=1S/C22H31N5O2/c1-17-12-20(25-29-17)14-24-22(28)19-5-3-9-27(16-19)21-6-10-26(11-7-21)15-18-4-2-8-23-13-18/h2,4,8,12-13,19,21H,3,5-7,9-11,14-16H2,1H3,(H,24,28). The third-order valence-electron chi connectivity index (χ3n) is 6.15. The molecule has 4 rings (SSSR count). The van der Waals surface area contributed by atoms with Gasteiger partial charge in [0, 0.05) is 37.6 Å². The summed E-state index contributed by atoms with van der Waals surface area (Å²) in [7, 11) is 0. The molecule has 0 spiro atoms. The Balaban J connectivity index is 1.23. The fraction of sp³-hybridized carbons (Fsp3) is 0.591. The lowest BCUT2D eigenvalue weighted by Crippen LogP contribution is -2.50. The van der Waals surface area contributed by atoms with Gasteiger partial charge in [-0.1, -0.05) is 11.2 Å². The van der Waals surface area contributed by atoms with Crippen molar-refractivity contribution in [3.63, 3.8) is 0 Å². The lowest BCUT2D eigenvalue weighted by atomic mass is 9.93. The summed E-state index contributed by atoms with van der Waals surface area (Å²) in [4.78, 5) is 21.9. The van der Waals surface area contributed by atoms with Crippen molar-refractivity contribution in [1.29, 1.82) is 0 Å². The van der Waals surface area contributed by atoms with Crippen LogP contribution < -0.4 is 5.32 Å². The number of hydrogen-bond donors (Lipinski definition) is 1. The maximum absolute atomic E-state index is 12.7. The van der Waals surface area contributed by atoms with Crippen molar-refractivity contribution in [2.75, 3.05) is 26.2 Å². The Morgan fingerprint density at radius 1 is 1.28 bits per heavy atom. The molecule has 2 aromatic heterocycles. The van der Waals surface area contributed by atoms with Crippen LogP contribution in [-0.2, 0) is 17.9 Å². The molecule has 1 unspecified atom stereocenters. The number of carbonyl (C=O) groups excluding carboxylic acids is 1. The second-order valence-corrected chi connectivity index (χ2v) is 8.35. The van der Waals surface area contributed by atoms with Crippen molar-refractivity contribution in [3.05, 3.63) is 47.6 Å². The number of piperidine rings is 2. The Morgan fingerprint density at radius 2 is 2.14 bits per heavy atom. The van der Waals surface area contributed by atoms with Gasteiger partial charge in [-0.15, -0.1) is 0 Å². The Hall–Kier alpha value is -2.25. The lowest BCUT2D eigenvalue weighted by Gasteiger charge is -2.42. The van der Waals surface area contributed by atoms with Crippen molar-refractivity contribution in [1.82, 2.24) is 25.3 Å². The highest BCUT2D eigenvalue weighted by molar-refractivity contribution is 5.78. The third kappa shape index (κ3) is 5.42. The molecule has 7 nitrogen and oxygen atoms in total. The van der Waals surface area contributed by atoms with Gasteiger partial charge in [0.15, 0.2) is 0 Å². The Kier molecular flexibility index (Phi) is 6.56. The predicted octanol–water partition coefficient (Wildman–Crippen LogP) is 2.37. The van der Waals surface area contributed by atoms with E-state index in [0.717, 1.165) is 57.0 Å². The van der Waals surface area contributed by atoms with E-state index >= 15 is 0 Å². The molecule has 1 amide bonds. The van der Waals surface area contributed by atoms with E-state index in [1.807, 2.05) is 31.5 Å².